The van der Waals surface area contributed by atoms with Gasteiger partial charge in [-0.3, -0.25) is 4.90 Å². The Morgan fingerprint density at radius 1 is 1.14 bits per heavy atom. The van der Waals surface area contributed by atoms with Crippen LogP contribution in [-0.2, 0) is 14.2 Å². The Kier molecular flexibility index (Phi) is 10.9. The summed E-state index contributed by atoms with van der Waals surface area (Å²) in [4.78, 5) is 19.8. The van der Waals surface area contributed by atoms with E-state index in [2.05, 4.69) is 46.6 Å². The first-order valence-electron chi connectivity index (χ1n) is 13.0. The van der Waals surface area contributed by atoms with Crippen molar-refractivity contribution >= 4 is 11.7 Å². The molecule has 1 aromatic rings. The van der Waals surface area contributed by atoms with Gasteiger partial charge in [0.2, 0.25) is 0 Å². The van der Waals surface area contributed by atoms with Crippen LogP contribution in [0.1, 0.15) is 54.1 Å². The number of hydrogen-bond donors (Lipinski definition) is 0. The maximum absolute atomic E-state index is 12.6. The number of carbonyl (C=O) groups is 1. The number of anilines is 1. The maximum atomic E-state index is 12.6. The monoisotopic (exact) mass is 485 g/mol. The van der Waals surface area contributed by atoms with Crippen LogP contribution in [0.15, 0.2) is 12.1 Å². The van der Waals surface area contributed by atoms with E-state index in [1.807, 2.05) is 13.0 Å². The van der Waals surface area contributed by atoms with Gasteiger partial charge in [0, 0.05) is 56.6 Å². The summed E-state index contributed by atoms with van der Waals surface area (Å²) in [7, 11) is 5.40. The fourth-order valence-electron chi connectivity index (χ4n) is 5.26. The Hall–Kier alpha value is -2.11. The van der Waals surface area contributed by atoms with Crippen molar-refractivity contribution in [3.8, 4) is 11.8 Å². The Labute approximate surface area is 211 Å². The topological polar surface area (TPSA) is 54.5 Å². The fraction of sp³-hybridized carbons (Fsp3) is 0.679. The van der Waals surface area contributed by atoms with Gasteiger partial charge in [0.05, 0.1) is 39.0 Å². The molecule has 0 radical (unpaired) electrons. The third-order valence-corrected chi connectivity index (χ3v) is 7.45. The van der Waals surface area contributed by atoms with E-state index in [-0.39, 0.29) is 5.97 Å². The van der Waals surface area contributed by atoms with E-state index in [1.165, 1.54) is 20.0 Å². The first-order valence-corrected chi connectivity index (χ1v) is 13.0. The lowest BCUT2D eigenvalue weighted by atomic mass is 9.88. The third-order valence-electron chi connectivity index (χ3n) is 7.45. The van der Waals surface area contributed by atoms with Crippen LogP contribution < -0.4 is 4.90 Å². The summed E-state index contributed by atoms with van der Waals surface area (Å²) in [5.41, 5.74) is 3.54. The SMILES string of the molecule is CCN(c1cc(C#CCN2CCOCC2)cc(C(=O)OC)c1C)C1CCC(N(C)CCOC)CC1. The number of carbonyl (C=O) groups excluding carboxylic acids is 1. The predicted molar refractivity (Wildman–Crippen MR) is 140 cm³/mol. The Morgan fingerprint density at radius 3 is 2.46 bits per heavy atom. The minimum atomic E-state index is -0.305. The van der Waals surface area contributed by atoms with Crippen LogP contribution in [0.2, 0.25) is 0 Å². The summed E-state index contributed by atoms with van der Waals surface area (Å²) in [6, 6.07) is 5.10. The zero-order chi connectivity index (χ0) is 25.2. The van der Waals surface area contributed by atoms with E-state index in [0.29, 0.717) is 24.2 Å². The lowest BCUT2D eigenvalue weighted by Crippen LogP contribution is -2.44. The molecule has 0 N–H and O–H groups in total. The van der Waals surface area contributed by atoms with Gasteiger partial charge in [-0.05, 0) is 64.3 Å². The fourth-order valence-corrected chi connectivity index (χ4v) is 5.26. The van der Waals surface area contributed by atoms with Crippen LogP contribution in [0, 0.1) is 18.8 Å². The van der Waals surface area contributed by atoms with Crippen molar-refractivity contribution in [2.24, 2.45) is 0 Å². The molecule has 0 spiro atoms. The Bertz CT molecular complexity index is 880. The molecule has 0 aromatic heterocycles. The summed E-state index contributed by atoms with van der Waals surface area (Å²) in [6.45, 7) is 10.9. The van der Waals surface area contributed by atoms with Crippen LogP contribution in [0.4, 0.5) is 5.69 Å². The Morgan fingerprint density at radius 2 is 1.83 bits per heavy atom. The quantitative estimate of drug-likeness (QED) is 0.393. The second kappa shape index (κ2) is 13.8. The number of rotatable bonds is 9. The summed E-state index contributed by atoms with van der Waals surface area (Å²) >= 11 is 0. The van der Waals surface area contributed by atoms with Crippen molar-refractivity contribution in [1.82, 2.24) is 9.80 Å². The van der Waals surface area contributed by atoms with Gasteiger partial charge in [-0.15, -0.1) is 0 Å². The van der Waals surface area contributed by atoms with Gasteiger partial charge in [-0.1, -0.05) is 11.8 Å². The third kappa shape index (κ3) is 7.44. The molecule has 3 rings (SSSR count). The van der Waals surface area contributed by atoms with Crippen molar-refractivity contribution in [2.75, 3.05) is 78.7 Å². The molecule has 1 heterocycles. The van der Waals surface area contributed by atoms with Gasteiger partial charge >= 0.3 is 5.97 Å². The van der Waals surface area contributed by atoms with Crippen LogP contribution >= 0.6 is 0 Å². The number of hydrogen-bond acceptors (Lipinski definition) is 7. The molecule has 7 nitrogen and oxygen atoms in total. The van der Waals surface area contributed by atoms with E-state index in [9.17, 15) is 4.79 Å². The van der Waals surface area contributed by atoms with Gasteiger partial charge in [-0.2, -0.15) is 0 Å². The number of ether oxygens (including phenoxy) is 3. The van der Waals surface area contributed by atoms with Crippen molar-refractivity contribution in [3.05, 3.63) is 28.8 Å². The first-order chi connectivity index (χ1) is 17.0. The van der Waals surface area contributed by atoms with Crippen LogP contribution in [0.5, 0.6) is 0 Å². The van der Waals surface area contributed by atoms with Gasteiger partial charge in [0.15, 0.2) is 0 Å². The summed E-state index contributed by atoms with van der Waals surface area (Å²) < 4.78 is 15.8. The molecule has 0 bridgehead atoms. The molecule has 2 aliphatic rings. The molecule has 1 saturated carbocycles. The van der Waals surface area contributed by atoms with E-state index in [0.717, 1.165) is 75.7 Å². The first kappa shape index (κ1) is 27.5. The van der Waals surface area contributed by atoms with E-state index in [1.54, 1.807) is 7.11 Å². The molecule has 1 aliphatic heterocycles. The molecule has 1 aromatic carbocycles. The largest absolute Gasteiger partial charge is 0.465 e. The van der Waals surface area contributed by atoms with Gasteiger partial charge in [0.1, 0.15) is 0 Å². The average molecular weight is 486 g/mol. The molecular formula is C28H43N3O4. The van der Waals surface area contributed by atoms with Gasteiger partial charge in [0.25, 0.3) is 0 Å². The molecule has 35 heavy (non-hydrogen) atoms. The molecular weight excluding hydrogens is 442 g/mol. The average Bonchev–Trinajstić information content (AvgIpc) is 2.89. The smallest absolute Gasteiger partial charge is 0.338 e. The lowest BCUT2D eigenvalue weighted by Gasteiger charge is -2.41. The lowest BCUT2D eigenvalue weighted by molar-refractivity contribution is 0.0443. The minimum Gasteiger partial charge on any atom is -0.465 e. The number of methoxy groups -OCH3 is 2. The maximum Gasteiger partial charge on any atom is 0.338 e. The minimum absolute atomic E-state index is 0.305. The second-order valence-electron chi connectivity index (χ2n) is 9.57. The highest BCUT2D eigenvalue weighted by atomic mass is 16.5. The highest BCUT2D eigenvalue weighted by molar-refractivity contribution is 5.93. The van der Waals surface area contributed by atoms with Crippen molar-refractivity contribution in [1.29, 1.82) is 0 Å². The molecule has 1 saturated heterocycles. The number of morpholine rings is 1. The molecule has 1 aliphatic carbocycles. The zero-order valence-corrected chi connectivity index (χ0v) is 22.3. The molecule has 0 unspecified atom stereocenters. The standard InChI is InChI=1S/C28H43N3O4/c1-6-31(25-11-9-24(10-12-25)29(3)14-17-33-4)27-21-23(20-26(22(27)2)28(32)34-5)8-7-13-30-15-18-35-19-16-30/h20-21,24-25H,6,9-19H2,1-5H3. The number of esters is 1. The second-order valence-corrected chi connectivity index (χ2v) is 9.57. The molecule has 2 fully saturated rings. The highest BCUT2D eigenvalue weighted by Crippen LogP contribution is 2.33. The van der Waals surface area contributed by atoms with Gasteiger partial charge < -0.3 is 24.0 Å². The van der Waals surface area contributed by atoms with Crippen molar-refractivity contribution in [2.45, 2.75) is 51.6 Å². The molecule has 194 valence electrons. The van der Waals surface area contributed by atoms with Crippen LogP contribution in [0.3, 0.4) is 0 Å². The van der Waals surface area contributed by atoms with E-state index >= 15 is 0 Å². The normalized spacial score (nSPS) is 20.9. The summed E-state index contributed by atoms with van der Waals surface area (Å²) in [5.74, 6) is 6.32. The van der Waals surface area contributed by atoms with Crippen LogP contribution in [0.25, 0.3) is 0 Å². The van der Waals surface area contributed by atoms with Crippen LogP contribution in [-0.4, -0.2) is 102 Å². The van der Waals surface area contributed by atoms with Crippen molar-refractivity contribution < 1.29 is 19.0 Å². The van der Waals surface area contributed by atoms with E-state index in [4.69, 9.17) is 14.2 Å². The molecule has 0 amide bonds. The number of nitrogens with zero attached hydrogens (tertiary/aromatic N) is 3. The Balaban J connectivity index is 1.79. The molecule has 7 heteroatoms. The number of benzene rings is 1. The summed E-state index contributed by atoms with van der Waals surface area (Å²) in [6.07, 6.45) is 4.61. The molecule has 0 atom stereocenters. The zero-order valence-electron chi connectivity index (χ0n) is 22.3. The van der Waals surface area contributed by atoms with Gasteiger partial charge in [-0.25, -0.2) is 4.79 Å². The predicted octanol–water partition coefficient (Wildman–Crippen LogP) is 3.18. The summed E-state index contributed by atoms with van der Waals surface area (Å²) in [5, 5.41) is 0. The highest BCUT2D eigenvalue weighted by Gasteiger charge is 2.29. The van der Waals surface area contributed by atoms with Crippen molar-refractivity contribution in [3.63, 3.8) is 0 Å². The van der Waals surface area contributed by atoms with E-state index < -0.39 is 0 Å². The number of likely N-dealkylation sites (N-methyl/N-ethyl adjacent to an activating group) is 1.